The highest BCUT2D eigenvalue weighted by Gasteiger charge is 2.09. The van der Waals surface area contributed by atoms with Gasteiger partial charge in [0.15, 0.2) is 0 Å². The third-order valence-electron chi connectivity index (χ3n) is 3.37. The first-order chi connectivity index (χ1) is 10.7. The van der Waals surface area contributed by atoms with Crippen molar-refractivity contribution in [2.45, 2.75) is 6.92 Å². The largest absolute Gasteiger partial charge is 0.325 e. The second-order valence-electron chi connectivity index (χ2n) is 5.08. The number of rotatable bonds is 3. The van der Waals surface area contributed by atoms with Crippen molar-refractivity contribution in [2.75, 3.05) is 0 Å². The van der Waals surface area contributed by atoms with Gasteiger partial charge in [-0.1, -0.05) is 60.7 Å². The summed E-state index contributed by atoms with van der Waals surface area (Å²) in [6, 6.07) is 21.5. The standard InChI is InChI=1S/C19H16N2O/c1-14-12-17(16-10-6-3-7-11-16)18(19(22)21-14)20-13-15-8-4-2-5-9-15/h2-13H,1H3,(H,21,22). The van der Waals surface area contributed by atoms with E-state index in [0.29, 0.717) is 5.69 Å². The maximum atomic E-state index is 12.3. The first-order valence-corrected chi connectivity index (χ1v) is 7.12. The molecule has 0 aliphatic heterocycles. The summed E-state index contributed by atoms with van der Waals surface area (Å²) in [6.07, 6.45) is 1.71. The number of hydrogen-bond acceptors (Lipinski definition) is 2. The number of aliphatic imine (C=N–C) groups is 1. The summed E-state index contributed by atoms with van der Waals surface area (Å²) in [5.41, 5.74) is 3.86. The fourth-order valence-electron chi connectivity index (χ4n) is 2.33. The summed E-state index contributed by atoms with van der Waals surface area (Å²) in [7, 11) is 0. The van der Waals surface area contributed by atoms with Crippen LogP contribution in [0.25, 0.3) is 11.1 Å². The van der Waals surface area contributed by atoms with Gasteiger partial charge >= 0.3 is 0 Å². The Balaban J connectivity index is 2.11. The number of pyridine rings is 1. The topological polar surface area (TPSA) is 45.2 Å². The van der Waals surface area contributed by atoms with Crippen molar-refractivity contribution in [1.82, 2.24) is 4.98 Å². The zero-order valence-electron chi connectivity index (χ0n) is 12.3. The second kappa shape index (κ2) is 6.22. The molecular formula is C19H16N2O. The lowest BCUT2D eigenvalue weighted by Crippen LogP contribution is -2.08. The summed E-state index contributed by atoms with van der Waals surface area (Å²) >= 11 is 0. The van der Waals surface area contributed by atoms with Crippen LogP contribution in [0.2, 0.25) is 0 Å². The Kier molecular flexibility index (Phi) is 3.97. The van der Waals surface area contributed by atoms with Crippen molar-refractivity contribution in [1.29, 1.82) is 0 Å². The van der Waals surface area contributed by atoms with E-state index < -0.39 is 0 Å². The van der Waals surface area contributed by atoms with E-state index in [0.717, 1.165) is 22.4 Å². The first kappa shape index (κ1) is 14.0. The van der Waals surface area contributed by atoms with Gasteiger partial charge < -0.3 is 4.98 Å². The number of aromatic amines is 1. The van der Waals surface area contributed by atoms with E-state index in [9.17, 15) is 4.79 Å². The quantitative estimate of drug-likeness (QED) is 0.724. The summed E-state index contributed by atoms with van der Waals surface area (Å²) in [4.78, 5) is 19.5. The molecule has 0 aliphatic rings. The van der Waals surface area contributed by atoms with Gasteiger partial charge in [0.25, 0.3) is 5.56 Å². The molecule has 3 nitrogen and oxygen atoms in total. The third-order valence-corrected chi connectivity index (χ3v) is 3.37. The molecule has 0 fully saturated rings. The molecule has 0 amide bonds. The van der Waals surface area contributed by atoms with Gasteiger partial charge in [0.2, 0.25) is 0 Å². The monoisotopic (exact) mass is 288 g/mol. The third kappa shape index (κ3) is 3.04. The van der Waals surface area contributed by atoms with Gasteiger partial charge in [0.05, 0.1) is 0 Å². The predicted octanol–water partition coefficient (Wildman–Crippen LogP) is 4.10. The molecule has 0 saturated heterocycles. The van der Waals surface area contributed by atoms with Crippen molar-refractivity contribution in [2.24, 2.45) is 4.99 Å². The van der Waals surface area contributed by atoms with Crippen molar-refractivity contribution in [3.05, 3.63) is 88.3 Å². The number of nitrogens with zero attached hydrogens (tertiary/aromatic N) is 1. The molecule has 0 bridgehead atoms. The molecule has 3 heteroatoms. The number of aromatic nitrogens is 1. The Morgan fingerprint density at radius 1 is 0.955 bits per heavy atom. The van der Waals surface area contributed by atoms with Crippen molar-refractivity contribution in [3.8, 4) is 11.1 Å². The highest BCUT2D eigenvalue weighted by atomic mass is 16.1. The van der Waals surface area contributed by atoms with Crippen LogP contribution >= 0.6 is 0 Å². The van der Waals surface area contributed by atoms with Crippen LogP contribution in [0.5, 0.6) is 0 Å². The zero-order valence-corrected chi connectivity index (χ0v) is 12.3. The lowest BCUT2D eigenvalue weighted by molar-refractivity contribution is 1.14. The van der Waals surface area contributed by atoms with Crippen molar-refractivity contribution in [3.63, 3.8) is 0 Å². The van der Waals surface area contributed by atoms with Crippen molar-refractivity contribution < 1.29 is 0 Å². The summed E-state index contributed by atoms with van der Waals surface area (Å²) in [6.45, 7) is 1.87. The SMILES string of the molecule is Cc1cc(-c2ccccc2)c(N=Cc2ccccc2)c(=O)[nH]1. The highest BCUT2D eigenvalue weighted by molar-refractivity contribution is 5.85. The number of hydrogen-bond donors (Lipinski definition) is 1. The Morgan fingerprint density at radius 2 is 1.59 bits per heavy atom. The molecule has 0 aliphatic carbocycles. The Labute approximate surface area is 129 Å². The minimum Gasteiger partial charge on any atom is -0.325 e. The molecule has 1 heterocycles. The van der Waals surface area contributed by atoms with E-state index in [2.05, 4.69) is 9.98 Å². The molecule has 3 aromatic rings. The van der Waals surface area contributed by atoms with Crippen molar-refractivity contribution >= 4 is 11.9 Å². The van der Waals surface area contributed by atoms with Gasteiger partial charge in [0.1, 0.15) is 5.69 Å². The normalized spacial score (nSPS) is 11.0. The second-order valence-corrected chi connectivity index (χ2v) is 5.08. The summed E-state index contributed by atoms with van der Waals surface area (Å²) in [5.74, 6) is 0. The van der Waals surface area contributed by atoms with Gasteiger partial charge in [-0.25, -0.2) is 4.99 Å². The van der Waals surface area contributed by atoms with Crippen LogP contribution in [-0.4, -0.2) is 11.2 Å². The maximum Gasteiger partial charge on any atom is 0.274 e. The zero-order chi connectivity index (χ0) is 15.4. The number of aryl methyl sites for hydroxylation is 1. The number of nitrogens with one attached hydrogen (secondary N) is 1. The molecule has 0 radical (unpaired) electrons. The Bertz CT molecular complexity index is 850. The Hall–Kier alpha value is -2.94. The van der Waals surface area contributed by atoms with Crippen LogP contribution < -0.4 is 5.56 Å². The average molecular weight is 288 g/mol. The fraction of sp³-hybridized carbons (Fsp3) is 0.0526. The number of H-pyrrole nitrogens is 1. The van der Waals surface area contributed by atoms with Crippen LogP contribution in [0.4, 0.5) is 5.69 Å². The Morgan fingerprint density at radius 3 is 2.27 bits per heavy atom. The predicted molar refractivity (Wildman–Crippen MR) is 90.9 cm³/mol. The van der Waals surface area contributed by atoms with Crippen LogP contribution in [0.15, 0.2) is 76.5 Å². The van der Waals surface area contributed by atoms with E-state index in [1.165, 1.54) is 0 Å². The van der Waals surface area contributed by atoms with Crippen LogP contribution in [0.3, 0.4) is 0 Å². The summed E-state index contributed by atoms with van der Waals surface area (Å²) < 4.78 is 0. The first-order valence-electron chi connectivity index (χ1n) is 7.12. The minimum absolute atomic E-state index is 0.175. The molecular weight excluding hydrogens is 272 g/mol. The maximum absolute atomic E-state index is 12.3. The lowest BCUT2D eigenvalue weighted by Gasteiger charge is -2.06. The molecule has 1 N–H and O–H groups in total. The molecule has 0 spiro atoms. The van der Waals surface area contributed by atoms with E-state index in [1.54, 1.807) is 6.21 Å². The van der Waals surface area contributed by atoms with E-state index in [1.807, 2.05) is 73.7 Å². The summed E-state index contributed by atoms with van der Waals surface area (Å²) in [5, 5.41) is 0. The van der Waals surface area contributed by atoms with Crippen LogP contribution in [0.1, 0.15) is 11.3 Å². The molecule has 3 rings (SSSR count). The molecule has 0 unspecified atom stereocenters. The molecule has 2 aromatic carbocycles. The van der Waals surface area contributed by atoms with Gasteiger partial charge in [-0.2, -0.15) is 0 Å². The minimum atomic E-state index is -0.175. The average Bonchev–Trinajstić information content (AvgIpc) is 2.55. The van der Waals surface area contributed by atoms with E-state index in [4.69, 9.17) is 0 Å². The molecule has 0 atom stereocenters. The van der Waals surface area contributed by atoms with Crippen LogP contribution in [0, 0.1) is 6.92 Å². The molecule has 1 aromatic heterocycles. The molecule has 0 saturated carbocycles. The smallest absolute Gasteiger partial charge is 0.274 e. The van der Waals surface area contributed by atoms with Crippen LogP contribution in [-0.2, 0) is 0 Å². The lowest BCUT2D eigenvalue weighted by atomic mass is 10.0. The highest BCUT2D eigenvalue weighted by Crippen LogP contribution is 2.27. The van der Waals surface area contributed by atoms with E-state index >= 15 is 0 Å². The van der Waals surface area contributed by atoms with Gasteiger partial charge in [-0.05, 0) is 24.1 Å². The number of benzene rings is 2. The van der Waals surface area contributed by atoms with Gasteiger partial charge in [0, 0.05) is 17.5 Å². The fourth-order valence-corrected chi connectivity index (χ4v) is 2.33. The van der Waals surface area contributed by atoms with Gasteiger partial charge in [-0.3, -0.25) is 4.79 Å². The van der Waals surface area contributed by atoms with Gasteiger partial charge in [-0.15, -0.1) is 0 Å². The van der Waals surface area contributed by atoms with E-state index in [-0.39, 0.29) is 5.56 Å². The molecule has 22 heavy (non-hydrogen) atoms. The molecule has 108 valence electrons.